The fraction of sp³-hybridized carbons (Fsp3) is 0.200. The van der Waals surface area contributed by atoms with E-state index in [0.717, 1.165) is 0 Å². The quantitative estimate of drug-likeness (QED) is 0.201. The molecule has 0 fully saturated rings. The van der Waals surface area contributed by atoms with Crippen molar-refractivity contribution in [3.8, 4) is 6.19 Å². The third-order valence-corrected chi connectivity index (χ3v) is 4.05. The van der Waals surface area contributed by atoms with Gasteiger partial charge in [-0.15, -0.1) is 0 Å². The van der Waals surface area contributed by atoms with Crippen LogP contribution in [0.3, 0.4) is 0 Å². The summed E-state index contributed by atoms with van der Waals surface area (Å²) in [6.45, 7) is 1.64. The number of rotatable bonds is 2. The summed E-state index contributed by atoms with van der Waals surface area (Å²) < 4.78 is 0.879. The fourth-order valence-electron chi connectivity index (χ4n) is 1.32. The molecule has 19 heavy (non-hydrogen) atoms. The molecule has 0 spiro atoms. The number of nitro benzene ring substituents is 1. The predicted molar refractivity (Wildman–Crippen MR) is 82.6 cm³/mol. The van der Waals surface area contributed by atoms with Gasteiger partial charge < -0.3 is 0 Å². The molecule has 0 heterocycles. The molecule has 1 aromatic rings. The number of nitriles is 1. The van der Waals surface area contributed by atoms with E-state index in [-0.39, 0.29) is 10.2 Å². The zero-order valence-corrected chi connectivity index (χ0v) is 13.9. The summed E-state index contributed by atoms with van der Waals surface area (Å²) in [6.07, 6.45) is 3.50. The van der Waals surface area contributed by atoms with Crippen molar-refractivity contribution in [2.45, 2.75) is 6.92 Å². The SMILES string of the molecule is CSC(=Nc1c(Br)cc(C)c([N+](=O)[O-])c1Br)NC#N. The molecule has 0 amide bonds. The Morgan fingerprint density at radius 1 is 1.63 bits per heavy atom. The van der Waals surface area contributed by atoms with Crippen molar-refractivity contribution >= 4 is 60.2 Å². The van der Waals surface area contributed by atoms with Crippen LogP contribution >= 0.6 is 43.6 Å². The number of aryl methyl sites for hydroxylation is 1. The molecule has 1 rings (SSSR count). The summed E-state index contributed by atoms with van der Waals surface area (Å²) in [6, 6.07) is 1.62. The Morgan fingerprint density at radius 2 is 2.26 bits per heavy atom. The number of thioether (sulfide) groups is 1. The lowest BCUT2D eigenvalue weighted by molar-refractivity contribution is -0.386. The Labute approximate surface area is 130 Å². The smallest absolute Gasteiger partial charge is 0.271 e. The van der Waals surface area contributed by atoms with Gasteiger partial charge in [0, 0.05) is 10.0 Å². The summed E-state index contributed by atoms with van der Waals surface area (Å²) in [5.74, 6) is 0. The van der Waals surface area contributed by atoms with E-state index >= 15 is 0 Å². The second kappa shape index (κ2) is 6.88. The first kappa shape index (κ1) is 15.9. The first-order chi connectivity index (χ1) is 8.92. The molecule has 9 heteroatoms. The van der Waals surface area contributed by atoms with Gasteiger partial charge in [-0.2, -0.15) is 5.26 Å². The zero-order valence-electron chi connectivity index (χ0n) is 9.90. The highest BCUT2D eigenvalue weighted by Crippen LogP contribution is 2.42. The number of amidine groups is 1. The molecule has 0 aliphatic carbocycles. The number of hydrogen-bond acceptors (Lipinski definition) is 5. The summed E-state index contributed by atoms with van der Waals surface area (Å²) in [5, 5.41) is 22.4. The minimum absolute atomic E-state index is 0.0423. The fourth-order valence-corrected chi connectivity index (χ4v) is 3.30. The Kier molecular flexibility index (Phi) is 5.78. The van der Waals surface area contributed by atoms with Crippen molar-refractivity contribution in [1.82, 2.24) is 5.32 Å². The topological polar surface area (TPSA) is 91.3 Å². The third-order valence-electron chi connectivity index (χ3n) is 2.11. The highest BCUT2D eigenvalue weighted by atomic mass is 79.9. The molecule has 0 aromatic heterocycles. The van der Waals surface area contributed by atoms with E-state index < -0.39 is 4.92 Å². The molecule has 1 N–H and O–H groups in total. The van der Waals surface area contributed by atoms with Crippen LogP contribution in [0.4, 0.5) is 11.4 Å². The number of aliphatic imine (C=N–C) groups is 1. The maximum Gasteiger partial charge on any atom is 0.288 e. The van der Waals surface area contributed by atoms with Gasteiger partial charge in [0.25, 0.3) is 5.69 Å². The van der Waals surface area contributed by atoms with E-state index in [4.69, 9.17) is 5.26 Å². The summed E-state index contributed by atoms with van der Waals surface area (Å²) >= 11 is 7.73. The van der Waals surface area contributed by atoms with Gasteiger partial charge in [0.2, 0.25) is 0 Å². The van der Waals surface area contributed by atoms with Crippen LogP contribution in [-0.4, -0.2) is 16.3 Å². The second-order valence-corrected chi connectivity index (χ2v) is 5.74. The molecular weight excluding hydrogens is 400 g/mol. The van der Waals surface area contributed by atoms with Gasteiger partial charge >= 0.3 is 0 Å². The molecule has 0 atom stereocenters. The van der Waals surface area contributed by atoms with Gasteiger partial charge in [0.05, 0.1) is 4.92 Å². The van der Waals surface area contributed by atoms with E-state index in [1.165, 1.54) is 11.8 Å². The monoisotopic (exact) mass is 406 g/mol. The van der Waals surface area contributed by atoms with Crippen molar-refractivity contribution in [3.63, 3.8) is 0 Å². The van der Waals surface area contributed by atoms with Crippen LogP contribution in [0.15, 0.2) is 20.0 Å². The first-order valence-corrected chi connectivity index (χ1v) is 7.64. The molecule has 0 unspecified atom stereocenters. The lowest BCUT2D eigenvalue weighted by atomic mass is 10.2. The highest BCUT2D eigenvalue weighted by molar-refractivity contribution is 9.11. The number of nitro groups is 1. The summed E-state index contributed by atoms with van der Waals surface area (Å²) in [4.78, 5) is 14.8. The number of nitrogens with zero attached hydrogens (tertiary/aromatic N) is 3. The molecule has 6 nitrogen and oxygen atoms in total. The molecule has 1 aromatic carbocycles. The highest BCUT2D eigenvalue weighted by Gasteiger charge is 2.22. The van der Waals surface area contributed by atoms with Crippen LogP contribution in [0, 0.1) is 28.5 Å². The summed E-state index contributed by atoms with van der Waals surface area (Å²) in [7, 11) is 0. The van der Waals surface area contributed by atoms with Crippen LogP contribution in [-0.2, 0) is 0 Å². The van der Waals surface area contributed by atoms with Gasteiger partial charge in [-0.3, -0.25) is 15.4 Å². The van der Waals surface area contributed by atoms with Gasteiger partial charge in [-0.25, -0.2) is 4.99 Å². The lowest BCUT2D eigenvalue weighted by Gasteiger charge is -2.07. The minimum Gasteiger partial charge on any atom is -0.271 e. The Hall–Kier alpha value is -1.11. The minimum atomic E-state index is -0.471. The van der Waals surface area contributed by atoms with Crippen molar-refractivity contribution in [1.29, 1.82) is 5.26 Å². The van der Waals surface area contributed by atoms with Crippen LogP contribution in [0.25, 0.3) is 0 Å². The largest absolute Gasteiger partial charge is 0.288 e. The van der Waals surface area contributed by atoms with E-state index in [2.05, 4.69) is 42.2 Å². The van der Waals surface area contributed by atoms with Crippen molar-refractivity contribution in [2.75, 3.05) is 6.26 Å². The second-order valence-electron chi connectivity index (χ2n) is 3.30. The van der Waals surface area contributed by atoms with E-state index in [1.54, 1.807) is 25.4 Å². The van der Waals surface area contributed by atoms with Crippen molar-refractivity contribution in [2.24, 2.45) is 4.99 Å². The molecule has 0 radical (unpaired) electrons. The van der Waals surface area contributed by atoms with Crippen LogP contribution in [0.1, 0.15) is 5.56 Å². The van der Waals surface area contributed by atoms with Crippen LogP contribution in [0.2, 0.25) is 0 Å². The molecular formula is C10H8Br2N4O2S. The number of benzene rings is 1. The average molecular weight is 408 g/mol. The van der Waals surface area contributed by atoms with Gasteiger partial charge in [0.15, 0.2) is 11.4 Å². The van der Waals surface area contributed by atoms with Crippen molar-refractivity contribution in [3.05, 3.63) is 30.7 Å². The Morgan fingerprint density at radius 3 is 2.74 bits per heavy atom. The maximum atomic E-state index is 11.0. The van der Waals surface area contributed by atoms with Crippen molar-refractivity contribution < 1.29 is 4.92 Å². The standard InChI is InChI=1S/C10H8Br2N4O2S/c1-5-3-6(11)8(7(12)9(5)16(17)18)15-10(19-2)14-4-13/h3H,1-2H3,(H,14,15). The molecule has 100 valence electrons. The molecule has 0 aliphatic heterocycles. The van der Waals surface area contributed by atoms with Gasteiger partial charge in [-0.05, 0) is 51.1 Å². The first-order valence-electron chi connectivity index (χ1n) is 4.83. The Balaban J connectivity index is 3.48. The van der Waals surface area contributed by atoms with Crippen LogP contribution < -0.4 is 5.32 Å². The molecule has 0 saturated heterocycles. The maximum absolute atomic E-state index is 11.0. The normalized spacial score (nSPS) is 11.0. The van der Waals surface area contributed by atoms with Gasteiger partial charge in [0.1, 0.15) is 10.2 Å². The number of hydrogen-bond donors (Lipinski definition) is 1. The molecule has 0 bridgehead atoms. The molecule has 0 saturated carbocycles. The Bertz CT molecular complexity index is 598. The predicted octanol–water partition coefficient (Wildman–Crippen LogP) is 3.85. The lowest BCUT2D eigenvalue weighted by Crippen LogP contribution is -2.12. The van der Waals surface area contributed by atoms with E-state index in [9.17, 15) is 10.1 Å². The van der Waals surface area contributed by atoms with Gasteiger partial charge in [-0.1, -0.05) is 11.8 Å². The zero-order chi connectivity index (χ0) is 14.6. The third kappa shape index (κ3) is 3.68. The van der Waals surface area contributed by atoms with E-state index in [0.29, 0.717) is 20.9 Å². The summed E-state index contributed by atoms with van der Waals surface area (Å²) in [5.41, 5.74) is 0.838. The van der Waals surface area contributed by atoms with E-state index in [1.807, 2.05) is 0 Å². The number of halogens is 2. The van der Waals surface area contributed by atoms with Crippen LogP contribution in [0.5, 0.6) is 0 Å². The number of nitrogens with one attached hydrogen (secondary N) is 1. The molecule has 0 aliphatic rings. The average Bonchev–Trinajstić information content (AvgIpc) is 2.32.